The lowest BCUT2D eigenvalue weighted by atomic mass is 9.93. The van der Waals surface area contributed by atoms with E-state index in [0.717, 1.165) is 37.3 Å². The standard InChI is InChI=1S/C18H27N3O/c1-14-8-7-9-16(19-14)15(2)20-17(22)18(10-3-4-11-18)21-12-5-6-13-21/h7-9,15H,3-6,10-13H2,1-2H3,(H,20,22)/t15-/m0/s1. The molecule has 1 N–H and O–H groups in total. The summed E-state index contributed by atoms with van der Waals surface area (Å²) >= 11 is 0. The minimum Gasteiger partial charge on any atom is -0.346 e. The fourth-order valence-electron chi connectivity index (χ4n) is 4.00. The number of likely N-dealkylation sites (tertiary alicyclic amines) is 1. The lowest BCUT2D eigenvalue weighted by molar-refractivity contribution is -0.133. The average molecular weight is 301 g/mol. The number of amides is 1. The number of aromatic nitrogens is 1. The summed E-state index contributed by atoms with van der Waals surface area (Å²) in [6, 6.07) is 5.95. The van der Waals surface area contributed by atoms with Crippen molar-refractivity contribution in [1.82, 2.24) is 15.2 Å². The summed E-state index contributed by atoms with van der Waals surface area (Å²) in [4.78, 5) is 20.0. The quantitative estimate of drug-likeness (QED) is 0.930. The predicted octanol–water partition coefficient (Wildman–Crippen LogP) is 2.98. The highest BCUT2D eigenvalue weighted by atomic mass is 16.2. The second-order valence-corrected chi connectivity index (χ2v) is 6.83. The number of pyridine rings is 1. The minimum absolute atomic E-state index is 0.0347. The van der Waals surface area contributed by atoms with Crippen molar-refractivity contribution in [2.45, 2.75) is 64.0 Å². The summed E-state index contributed by atoms with van der Waals surface area (Å²) < 4.78 is 0. The van der Waals surface area contributed by atoms with Gasteiger partial charge in [-0.2, -0.15) is 0 Å². The van der Waals surface area contributed by atoms with Gasteiger partial charge in [0.15, 0.2) is 0 Å². The van der Waals surface area contributed by atoms with E-state index in [1.165, 1.54) is 25.7 Å². The number of rotatable bonds is 4. The van der Waals surface area contributed by atoms with Crippen molar-refractivity contribution >= 4 is 5.91 Å². The van der Waals surface area contributed by atoms with Crippen LogP contribution in [-0.4, -0.2) is 34.4 Å². The van der Waals surface area contributed by atoms with Crippen molar-refractivity contribution in [3.05, 3.63) is 29.6 Å². The fraction of sp³-hybridized carbons (Fsp3) is 0.667. The Morgan fingerprint density at radius 1 is 1.23 bits per heavy atom. The second kappa shape index (κ2) is 6.37. The van der Waals surface area contributed by atoms with Gasteiger partial charge in [0, 0.05) is 5.69 Å². The molecular weight excluding hydrogens is 274 g/mol. The van der Waals surface area contributed by atoms with E-state index in [1.54, 1.807) is 0 Å². The molecule has 1 atom stereocenters. The van der Waals surface area contributed by atoms with E-state index < -0.39 is 0 Å². The zero-order valence-electron chi connectivity index (χ0n) is 13.8. The molecular formula is C18H27N3O. The summed E-state index contributed by atoms with van der Waals surface area (Å²) in [5.41, 5.74) is 1.69. The first-order valence-electron chi connectivity index (χ1n) is 8.61. The fourth-order valence-corrected chi connectivity index (χ4v) is 4.00. The van der Waals surface area contributed by atoms with Crippen LogP contribution in [0, 0.1) is 6.92 Å². The van der Waals surface area contributed by atoms with E-state index in [2.05, 4.69) is 15.2 Å². The molecule has 4 nitrogen and oxygen atoms in total. The Bertz CT molecular complexity index is 531. The first kappa shape index (κ1) is 15.5. The van der Waals surface area contributed by atoms with E-state index in [9.17, 15) is 4.79 Å². The topological polar surface area (TPSA) is 45.2 Å². The summed E-state index contributed by atoms with van der Waals surface area (Å²) in [7, 11) is 0. The maximum absolute atomic E-state index is 13.0. The van der Waals surface area contributed by atoms with Crippen LogP contribution in [0.2, 0.25) is 0 Å². The van der Waals surface area contributed by atoms with E-state index in [-0.39, 0.29) is 17.5 Å². The van der Waals surface area contributed by atoms with Crippen LogP contribution in [0.15, 0.2) is 18.2 Å². The molecule has 1 aliphatic carbocycles. The molecule has 0 spiro atoms. The SMILES string of the molecule is Cc1cccc([C@H](C)NC(=O)C2(N3CCCC3)CCCC2)n1. The molecule has 1 saturated heterocycles. The number of aryl methyl sites for hydroxylation is 1. The molecule has 0 radical (unpaired) electrons. The Balaban J connectivity index is 1.74. The third-order valence-electron chi connectivity index (χ3n) is 5.27. The highest BCUT2D eigenvalue weighted by molar-refractivity contribution is 5.87. The van der Waals surface area contributed by atoms with Gasteiger partial charge in [0.1, 0.15) is 5.54 Å². The molecule has 1 aromatic rings. The van der Waals surface area contributed by atoms with Gasteiger partial charge < -0.3 is 5.32 Å². The molecule has 1 aromatic heterocycles. The largest absolute Gasteiger partial charge is 0.346 e. The van der Waals surface area contributed by atoms with Crippen molar-refractivity contribution in [2.24, 2.45) is 0 Å². The molecule has 0 aromatic carbocycles. The van der Waals surface area contributed by atoms with Gasteiger partial charge in [0.2, 0.25) is 5.91 Å². The Kier molecular flexibility index (Phi) is 4.48. The van der Waals surface area contributed by atoms with Gasteiger partial charge in [-0.3, -0.25) is 14.7 Å². The molecule has 120 valence electrons. The third kappa shape index (κ3) is 2.89. The van der Waals surface area contributed by atoms with Crippen molar-refractivity contribution in [2.75, 3.05) is 13.1 Å². The molecule has 22 heavy (non-hydrogen) atoms. The summed E-state index contributed by atoms with van der Waals surface area (Å²) in [6.45, 7) is 6.17. The molecule has 1 aliphatic heterocycles. The van der Waals surface area contributed by atoms with Crippen LogP contribution in [0.3, 0.4) is 0 Å². The molecule has 2 heterocycles. The highest BCUT2D eigenvalue weighted by Gasteiger charge is 2.47. The molecule has 0 bridgehead atoms. The minimum atomic E-state index is -0.255. The van der Waals surface area contributed by atoms with Gasteiger partial charge in [-0.05, 0) is 64.8 Å². The van der Waals surface area contributed by atoms with Crippen LogP contribution in [0.4, 0.5) is 0 Å². The van der Waals surface area contributed by atoms with E-state index >= 15 is 0 Å². The highest BCUT2D eigenvalue weighted by Crippen LogP contribution is 2.38. The Hall–Kier alpha value is -1.42. The number of hydrogen-bond acceptors (Lipinski definition) is 3. The van der Waals surface area contributed by atoms with Crippen LogP contribution < -0.4 is 5.32 Å². The molecule has 3 rings (SSSR count). The Labute approximate surface area is 133 Å². The average Bonchev–Trinajstić information content (AvgIpc) is 3.19. The van der Waals surface area contributed by atoms with Gasteiger partial charge >= 0.3 is 0 Å². The third-order valence-corrected chi connectivity index (χ3v) is 5.27. The van der Waals surface area contributed by atoms with Crippen molar-refractivity contribution in [1.29, 1.82) is 0 Å². The van der Waals surface area contributed by atoms with Gasteiger partial charge in [-0.15, -0.1) is 0 Å². The number of carbonyl (C=O) groups excluding carboxylic acids is 1. The van der Waals surface area contributed by atoms with Crippen molar-refractivity contribution in [3.8, 4) is 0 Å². The lowest BCUT2D eigenvalue weighted by Crippen LogP contribution is -2.56. The first-order chi connectivity index (χ1) is 10.6. The second-order valence-electron chi connectivity index (χ2n) is 6.83. The zero-order chi connectivity index (χ0) is 15.6. The van der Waals surface area contributed by atoms with Gasteiger partial charge in [0.25, 0.3) is 0 Å². The molecule has 0 unspecified atom stereocenters. The van der Waals surface area contributed by atoms with Gasteiger partial charge in [-0.25, -0.2) is 0 Å². The summed E-state index contributed by atoms with van der Waals surface area (Å²) in [5.74, 6) is 0.211. The zero-order valence-corrected chi connectivity index (χ0v) is 13.8. The van der Waals surface area contributed by atoms with Crippen LogP contribution in [0.5, 0.6) is 0 Å². The first-order valence-corrected chi connectivity index (χ1v) is 8.61. The van der Waals surface area contributed by atoms with Crippen LogP contribution in [0.1, 0.15) is 62.9 Å². The molecule has 1 saturated carbocycles. The van der Waals surface area contributed by atoms with E-state index in [0.29, 0.717) is 0 Å². The van der Waals surface area contributed by atoms with Gasteiger partial charge in [-0.1, -0.05) is 18.9 Å². The number of nitrogens with zero attached hydrogens (tertiary/aromatic N) is 2. The van der Waals surface area contributed by atoms with Crippen LogP contribution in [0.25, 0.3) is 0 Å². The predicted molar refractivity (Wildman–Crippen MR) is 87.5 cm³/mol. The smallest absolute Gasteiger partial charge is 0.241 e. The summed E-state index contributed by atoms with van der Waals surface area (Å²) in [5, 5.41) is 3.24. The lowest BCUT2D eigenvalue weighted by Gasteiger charge is -2.38. The monoisotopic (exact) mass is 301 g/mol. The van der Waals surface area contributed by atoms with Crippen molar-refractivity contribution < 1.29 is 4.79 Å². The maximum atomic E-state index is 13.0. The molecule has 2 fully saturated rings. The van der Waals surface area contributed by atoms with Crippen LogP contribution in [-0.2, 0) is 4.79 Å². The normalized spacial score (nSPS) is 22.6. The van der Waals surface area contributed by atoms with Crippen molar-refractivity contribution in [3.63, 3.8) is 0 Å². The van der Waals surface area contributed by atoms with Crippen LogP contribution >= 0.6 is 0 Å². The summed E-state index contributed by atoms with van der Waals surface area (Å²) in [6.07, 6.45) is 6.80. The Morgan fingerprint density at radius 3 is 2.55 bits per heavy atom. The Morgan fingerprint density at radius 2 is 1.91 bits per heavy atom. The van der Waals surface area contributed by atoms with Gasteiger partial charge in [0.05, 0.1) is 11.7 Å². The maximum Gasteiger partial charge on any atom is 0.241 e. The number of nitrogens with one attached hydrogen (secondary N) is 1. The number of hydrogen-bond donors (Lipinski definition) is 1. The molecule has 4 heteroatoms. The number of carbonyl (C=O) groups is 1. The van der Waals surface area contributed by atoms with E-state index in [1.807, 2.05) is 32.0 Å². The molecule has 2 aliphatic rings. The van der Waals surface area contributed by atoms with E-state index in [4.69, 9.17) is 0 Å². The molecule has 1 amide bonds.